The maximum absolute atomic E-state index is 13.1. The molecule has 5 heteroatoms. The van der Waals surface area contributed by atoms with Gasteiger partial charge in [0.15, 0.2) is 0 Å². The topological polar surface area (TPSA) is 63.4 Å². The zero-order chi connectivity index (χ0) is 16.8. The van der Waals surface area contributed by atoms with Crippen molar-refractivity contribution in [3.05, 3.63) is 65.5 Å². The first-order valence-electron chi connectivity index (χ1n) is 7.36. The minimum absolute atomic E-state index is 0.0525. The standard InChI is InChI=1S/C18H19FN2O2/c1-13-4-2-3-5-14(13)12-18(23)21(11-10-17(20)22)16-8-6-15(19)7-9-16/h2-9H,10-12H2,1H3,(H2,20,22). The number of hydrogen-bond donors (Lipinski definition) is 1. The highest BCUT2D eigenvalue weighted by molar-refractivity contribution is 5.95. The van der Waals surface area contributed by atoms with E-state index < -0.39 is 5.91 Å². The summed E-state index contributed by atoms with van der Waals surface area (Å²) in [5, 5.41) is 0. The molecule has 0 saturated heterocycles. The van der Waals surface area contributed by atoms with Crippen molar-refractivity contribution in [1.29, 1.82) is 0 Å². The van der Waals surface area contributed by atoms with Crippen molar-refractivity contribution in [3.63, 3.8) is 0 Å². The van der Waals surface area contributed by atoms with Crippen LogP contribution >= 0.6 is 0 Å². The fourth-order valence-corrected chi connectivity index (χ4v) is 2.31. The molecule has 120 valence electrons. The Bertz CT molecular complexity index is 698. The summed E-state index contributed by atoms with van der Waals surface area (Å²) in [6.45, 7) is 2.11. The molecule has 4 nitrogen and oxygen atoms in total. The van der Waals surface area contributed by atoms with Crippen molar-refractivity contribution >= 4 is 17.5 Å². The number of hydrogen-bond acceptors (Lipinski definition) is 2. The molecule has 0 unspecified atom stereocenters. The number of aryl methyl sites for hydroxylation is 1. The quantitative estimate of drug-likeness (QED) is 0.890. The van der Waals surface area contributed by atoms with Gasteiger partial charge in [0, 0.05) is 18.7 Å². The van der Waals surface area contributed by atoms with E-state index in [1.807, 2.05) is 31.2 Å². The second-order valence-corrected chi connectivity index (χ2v) is 5.34. The molecule has 2 rings (SSSR count). The van der Waals surface area contributed by atoms with Crippen LogP contribution in [0.5, 0.6) is 0 Å². The maximum atomic E-state index is 13.1. The van der Waals surface area contributed by atoms with Gasteiger partial charge in [-0.1, -0.05) is 24.3 Å². The Morgan fingerprint density at radius 2 is 1.74 bits per heavy atom. The summed E-state index contributed by atoms with van der Waals surface area (Å²) in [6, 6.07) is 13.2. The minimum atomic E-state index is -0.485. The SMILES string of the molecule is Cc1ccccc1CC(=O)N(CCC(N)=O)c1ccc(F)cc1. The molecular formula is C18H19FN2O2. The Hall–Kier alpha value is -2.69. The van der Waals surface area contributed by atoms with Crippen molar-refractivity contribution in [2.75, 3.05) is 11.4 Å². The van der Waals surface area contributed by atoms with Crippen LogP contribution < -0.4 is 10.6 Å². The fourth-order valence-electron chi connectivity index (χ4n) is 2.31. The Labute approximate surface area is 134 Å². The Morgan fingerprint density at radius 3 is 2.35 bits per heavy atom. The number of primary amides is 1. The lowest BCUT2D eigenvalue weighted by atomic mass is 10.0. The molecule has 0 bridgehead atoms. The third kappa shape index (κ3) is 4.64. The zero-order valence-electron chi connectivity index (χ0n) is 13.0. The molecule has 2 amide bonds. The summed E-state index contributed by atoms with van der Waals surface area (Å²) in [6.07, 6.45) is 0.264. The average molecular weight is 314 g/mol. The van der Waals surface area contributed by atoms with Crippen LogP contribution in [0.25, 0.3) is 0 Å². The molecule has 0 aliphatic heterocycles. The van der Waals surface area contributed by atoms with E-state index in [0.29, 0.717) is 5.69 Å². The number of carbonyl (C=O) groups excluding carboxylic acids is 2. The highest BCUT2D eigenvalue weighted by Gasteiger charge is 2.17. The van der Waals surface area contributed by atoms with E-state index in [1.165, 1.54) is 29.2 Å². The van der Waals surface area contributed by atoms with Crippen LogP contribution in [0.3, 0.4) is 0 Å². The molecular weight excluding hydrogens is 295 g/mol. The summed E-state index contributed by atoms with van der Waals surface area (Å²) in [5.41, 5.74) is 7.67. The van der Waals surface area contributed by atoms with E-state index >= 15 is 0 Å². The summed E-state index contributed by atoms with van der Waals surface area (Å²) in [4.78, 5) is 25.2. The molecule has 0 radical (unpaired) electrons. The molecule has 2 N–H and O–H groups in total. The minimum Gasteiger partial charge on any atom is -0.370 e. The van der Waals surface area contributed by atoms with Gasteiger partial charge in [0.2, 0.25) is 11.8 Å². The highest BCUT2D eigenvalue weighted by atomic mass is 19.1. The van der Waals surface area contributed by atoms with Gasteiger partial charge >= 0.3 is 0 Å². The molecule has 0 atom stereocenters. The van der Waals surface area contributed by atoms with Crippen LogP contribution in [0.1, 0.15) is 17.5 Å². The van der Waals surface area contributed by atoms with E-state index in [1.54, 1.807) is 0 Å². The highest BCUT2D eigenvalue weighted by Crippen LogP contribution is 2.18. The molecule has 2 aromatic carbocycles. The number of benzene rings is 2. The third-order valence-electron chi connectivity index (χ3n) is 3.62. The van der Waals surface area contributed by atoms with Crippen LogP contribution in [-0.2, 0) is 16.0 Å². The van der Waals surface area contributed by atoms with Gasteiger partial charge in [-0.05, 0) is 42.3 Å². The summed E-state index contributed by atoms with van der Waals surface area (Å²) >= 11 is 0. The van der Waals surface area contributed by atoms with Crippen molar-refractivity contribution in [2.24, 2.45) is 5.73 Å². The Morgan fingerprint density at radius 1 is 1.09 bits per heavy atom. The lowest BCUT2D eigenvalue weighted by Crippen LogP contribution is -2.35. The molecule has 0 aliphatic carbocycles. The molecule has 0 saturated carbocycles. The van der Waals surface area contributed by atoms with E-state index in [-0.39, 0.29) is 31.1 Å². The lowest BCUT2D eigenvalue weighted by Gasteiger charge is -2.23. The fraction of sp³-hybridized carbons (Fsp3) is 0.222. The summed E-state index contributed by atoms with van der Waals surface area (Å²) in [7, 11) is 0. The number of anilines is 1. The number of amides is 2. The molecule has 0 heterocycles. The predicted molar refractivity (Wildman–Crippen MR) is 87.4 cm³/mol. The van der Waals surface area contributed by atoms with Gasteiger partial charge in [-0.2, -0.15) is 0 Å². The van der Waals surface area contributed by atoms with Crippen molar-refractivity contribution < 1.29 is 14.0 Å². The Balaban J connectivity index is 2.21. The van der Waals surface area contributed by atoms with Gasteiger partial charge in [0.05, 0.1) is 6.42 Å². The van der Waals surface area contributed by atoms with Gasteiger partial charge in [-0.3, -0.25) is 9.59 Å². The largest absolute Gasteiger partial charge is 0.370 e. The lowest BCUT2D eigenvalue weighted by molar-refractivity contribution is -0.118. The zero-order valence-corrected chi connectivity index (χ0v) is 13.0. The Kier molecular flexibility index (Phi) is 5.46. The van der Waals surface area contributed by atoms with Crippen LogP contribution in [-0.4, -0.2) is 18.4 Å². The smallest absolute Gasteiger partial charge is 0.231 e. The van der Waals surface area contributed by atoms with Gasteiger partial charge in [-0.25, -0.2) is 4.39 Å². The van der Waals surface area contributed by atoms with Crippen LogP contribution in [0.15, 0.2) is 48.5 Å². The molecule has 0 aliphatic rings. The van der Waals surface area contributed by atoms with Crippen molar-refractivity contribution in [3.8, 4) is 0 Å². The molecule has 0 fully saturated rings. The second kappa shape index (κ2) is 7.54. The molecule has 2 aromatic rings. The van der Waals surface area contributed by atoms with Gasteiger partial charge in [0.1, 0.15) is 5.82 Å². The normalized spacial score (nSPS) is 10.3. The van der Waals surface area contributed by atoms with Gasteiger partial charge in [0.25, 0.3) is 0 Å². The first-order valence-corrected chi connectivity index (χ1v) is 7.36. The van der Waals surface area contributed by atoms with E-state index in [4.69, 9.17) is 5.73 Å². The average Bonchev–Trinajstić information content (AvgIpc) is 2.51. The predicted octanol–water partition coefficient (Wildman–Crippen LogP) is 2.59. The second-order valence-electron chi connectivity index (χ2n) is 5.34. The number of nitrogens with two attached hydrogens (primary N) is 1. The molecule has 0 spiro atoms. The van der Waals surface area contributed by atoms with E-state index in [2.05, 4.69) is 0 Å². The van der Waals surface area contributed by atoms with Gasteiger partial charge < -0.3 is 10.6 Å². The molecule has 0 aromatic heterocycles. The first kappa shape index (κ1) is 16.7. The van der Waals surface area contributed by atoms with Crippen LogP contribution in [0.2, 0.25) is 0 Å². The number of carbonyl (C=O) groups is 2. The maximum Gasteiger partial charge on any atom is 0.231 e. The van der Waals surface area contributed by atoms with Crippen LogP contribution in [0, 0.1) is 12.7 Å². The monoisotopic (exact) mass is 314 g/mol. The number of nitrogens with zero attached hydrogens (tertiary/aromatic N) is 1. The van der Waals surface area contributed by atoms with Crippen molar-refractivity contribution in [2.45, 2.75) is 19.8 Å². The molecule has 23 heavy (non-hydrogen) atoms. The summed E-state index contributed by atoms with van der Waals surface area (Å²) in [5.74, 6) is -1.03. The van der Waals surface area contributed by atoms with E-state index in [9.17, 15) is 14.0 Å². The summed E-state index contributed by atoms with van der Waals surface area (Å²) < 4.78 is 13.1. The van der Waals surface area contributed by atoms with Gasteiger partial charge in [-0.15, -0.1) is 0 Å². The first-order chi connectivity index (χ1) is 11.0. The van der Waals surface area contributed by atoms with Crippen LogP contribution in [0.4, 0.5) is 10.1 Å². The number of halogens is 1. The third-order valence-corrected chi connectivity index (χ3v) is 3.62. The number of rotatable bonds is 6. The van der Waals surface area contributed by atoms with Crippen molar-refractivity contribution in [1.82, 2.24) is 0 Å². The van der Waals surface area contributed by atoms with E-state index in [0.717, 1.165) is 11.1 Å².